The first-order chi connectivity index (χ1) is 10.0. The first kappa shape index (κ1) is 15.8. The molecular formula is C17H27N3O. The fraction of sp³-hybridized carbons (Fsp3) is 0.588. The van der Waals surface area contributed by atoms with Crippen LogP contribution in [0, 0.1) is 6.92 Å². The Hall–Kier alpha value is -1.55. The van der Waals surface area contributed by atoms with Gasteiger partial charge >= 0.3 is 0 Å². The van der Waals surface area contributed by atoms with Gasteiger partial charge in [0.25, 0.3) is 5.91 Å². The van der Waals surface area contributed by atoms with Gasteiger partial charge in [0.15, 0.2) is 0 Å². The van der Waals surface area contributed by atoms with Crippen LogP contribution in [0.4, 0.5) is 5.69 Å². The van der Waals surface area contributed by atoms with Gasteiger partial charge in [-0.2, -0.15) is 0 Å². The van der Waals surface area contributed by atoms with E-state index in [1.165, 1.54) is 0 Å². The second kappa shape index (κ2) is 6.94. The summed E-state index contributed by atoms with van der Waals surface area (Å²) in [4.78, 5) is 17.1. The summed E-state index contributed by atoms with van der Waals surface area (Å²) in [6.07, 6.45) is 2.11. The lowest BCUT2D eigenvalue weighted by atomic mass is 10.0. The molecule has 0 spiro atoms. The Bertz CT molecular complexity index is 493. The molecule has 116 valence electrons. The number of nitrogens with zero attached hydrogens (tertiary/aromatic N) is 2. The summed E-state index contributed by atoms with van der Waals surface area (Å²) >= 11 is 0. The molecule has 1 aliphatic rings. The molecule has 4 heteroatoms. The molecule has 0 atom stereocenters. The zero-order valence-electron chi connectivity index (χ0n) is 13.6. The number of amides is 1. The van der Waals surface area contributed by atoms with Crippen molar-refractivity contribution in [2.24, 2.45) is 0 Å². The first-order valence-corrected chi connectivity index (χ1v) is 7.83. The first-order valence-electron chi connectivity index (χ1n) is 7.83. The molecule has 0 aromatic heterocycles. The fourth-order valence-electron chi connectivity index (χ4n) is 2.92. The molecular weight excluding hydrogens is 262 g/mol. The van der Waals surface area contributed by atoms with E-state index in [2.05, 4.69) is 24.2 Å². The maximum atomic E-state index is 12.8. The Morgan fingerprint density at radius 2 is 2.05 bits per heavy atom. The second-order valence-corrected chi connectivity index (χ2v) is 6.03. The van der Waals surface area contributed by atoms with Crippen molar-refractivity contribution in [3.63, 3.8) is 0 Å². The van der Waals surface area contributed by atoms with E-state index < -0.39 is 0 Å². The minimum Gasteiger partial charge on any atom is -0.385 e. The van der Waals surface area contributed by atoms with Gasteiger partial charge in [-0.05, 0) is 59.0 Å². The quantitative estimate of drug-likeness (QED) is 0.925. The number of likely N-dealkylation sites (tertiary alicyclic amines) is 1. The van der Waals surface area contributed by atoms with E-state index in [0.717, 1.165) is 49.3 Å². The van der Waals surface area contributed by atoms with Gasteiger partial charge in [0.05, 0.1) is 5.56 Å². The van der Waals surface area contributed by atoms with Gasteiger partial charge < -0.3 is 15.1 Å². The van der Waals surface area contributed by atoms with Crippen molar-refractivity contribution in [1.82, 2.24) is 9.80 Å². The number of hydrogen-bond acceptors (Lipinski definition) is 3. The summed E-state index contributed by atoms with van der Waals surface area (Å²) in [5.41, 5.74) is 2.85. The molecule has 1 amide bonds. The van der Waals surface area contributed by atoms with E-state index in [1.54, 1.807) is 0 Å². The Morgan fingerprint density at radius 1 is 1.38 bits per heavy atom. The molecule has 1 heterocycles. The van der Waals surface area contributed by atoms with Crippen LogP contribution < -0.4 is 5.32 Å². The van der Waals surface area contributed by atoms with Crippen LogP contribution in [-0.2, 0) is 0 Å². The van der Waals surface area contributed by atoms with Crippen LogP contribution >= 0.6 is 0 Å². The molecule has 1 aromatic rings. The molecule has 0 radical (unpaired) electrons. The Labute approximate surface area is 128 Å². The Balaban J connectivity index is 2.16. The van der Waals surface area contributed by atoms with Crippen LogP contribution in [0.3, 0.4) is 0 Å². The summed E-state index contributed by atoms with van der Waals surface area (Å²) < 4.78 is 0. The highest BCUT2D eigenvalue weighted by Crippen LogP contribution is 2.22. The summed E-state index contributed by atoms with van der Waals surface area (Å²) in [6, 6.07) is 6.40. The lowest BCUT2D eigenvalue weighted by Crippen LogP contribution is -2.44. The van der Waals surface area contributed by atoms with Crippen LogP contribution in [0.15, 0.2) is 18.2 Å². The molecule has 0 unspecified atom stereocenters. The van der Waals surface area contributed by atoms with E-state index in [0.29, 0.717) is 6.04 Å². The van der Waals surface area contributed by atoms with Crippen molar-refractivity contribution >= 4 is 11.6 Å². The van der Waals surface area contributed by atoms with Crippen LogP contribution in [0.25, 0.3) is 0 Å². The Kier molecular flexibility index (Phi) is 5.23. The second-order valence-electron chi connectivity index (χ2n) is 6.03. The highest BCUT2D eigenvalue weighted by atomic mass is 16.2. The van der Waals surface area contributed by atoms with E-state index in [9.17, 15) is 4.79 Å². The third-order valence-corrected chi connectivity index (χ3v) is 4.33. The van der Waals surface area contributed by atoms with Gasteiger partial charge in [-0.25, -0.2) is 0 Å². The van der Waals surface area contributed by atoms with E-state index >= 15 is 0 Å². The summed E-state index contributed by atoms with van der Waals surface area (Å²) in [5.74, 6) is 0.129. The number of nitrogens with one attached hydrogen (secondary N) is 1. The van der Waals surface area contributed by atoms with Gasteiger partial charge in [0, 0.05) is 25.3 Å². The molecule has 21 heavy (non-hydrogen) atoms. The third kappa shape index (κ3) is 3.76. The molecule has 1 saturated heterocycles. The van der Waals surface area contributed by atoms with E-state index in [4.69, 9.17) is 0 Å². The largest absolute Gasteiger partial charge is 0.385 e. The average Bonchev–Trinajstić information content (AvgIpc) is 2.48. The monoisotopic (exact) mass is 289 g/mol. The van der Waals surface area contributed by atoms with Crippen molar-refractivity contribution in [2.75, 3.05) is 39.0 Å². The number of hydrogen-bond donors (Lipinski definition) is 1. The van der Waals surface area contributed by atoms with Crippen molar-refractivity contribution in [3.05, 3.63) is 29.3 Å². The predicted octanol–water partition coefficient (Wildman–Crippen LogP) is 2.59. The SMILES string of the molecule is CCNc1ccc(C)cc1C(=O)N(C)C1CCN(C)CC1. The van der Waals surface area contributed by atoms with Crippen molar-refractivity contribution in [1.29, 1.82) is 0 Å². The maximum Gasteiger partial charge on any atom is 0.255 e. The van der Waals surface area contributed by atoms with Gasteiger partial charge in [0.2, 0.25) is 0 Å². The molecule has 2 rings (SSSR count). The number of aryl methyl sites for hydroxylation is 1. The molecule has 1 N–H and O–H groups in total. The van der Waals surface area contributed by atoms with E-state index in [1.807, 2.05) is 37.1 Å². The minimum atomic E-state index is 0.129. The summed E-state index contributed by atoms with van der Waals surface area (Å²) in [6.45, 7) is 7.03. The van der Waals surface area contributed by atoms with Crippen LogP contribution in [0.1, 0.15) is 35.7 Å². The lowest BCUT2D eigenvalue weighted by Gasteiger charge is -2.35. The minimum absolute atomic E-state index is 0.129. The number of carbonyl (C=O) groups is 1. The molecule has 1 fully saturated rings. The van der Waals surface area contributed by atoms with Gasteiger partial charge in [-0.15, -0.1) is 0 Å². The molecule has 0 saturated carbocycles. The zero-order chi connectivity index (χ0) is 15.4. The van der Waals surface area contributed by atoms with Crippen molar-refractivity contribution in [3.8, 4) is 0 Å². The number of piperidine rings is 1. The van der Waals surface area contributed by atoms with Crippen LogP contribution in [0.2, 0.25) is 0 Å². The standard InChI is InChI=1S/C17H27N3O/c1-5-18-16-7-6-13(2)12-15(16)17(21)20(4)14-8-10-19(3)11-9-14/h6-7,12,14,18H,5,8-11H2,1-4H3. The molecule has 0 bridgehead atoms. The van der Waals surface area contributed by atoms with E-state index in [-0.39, 0.29) is 5.91 Å². The average molecular weight is 289 g/mol. The summed E-state index contributed by atoms with van der Waals surface area (Å²) in [7, 11) is 4.08. The van der Waals surface area contributed by atoms with Crippen LogP contribution in [-0.4, -0.2) is 55.5 Å². The van der Waals surface area contributed by atoms with Crippen LogP contribution in [0.5, 0.6) is 0 Å². The molecule has 1 aliphatic heterocycles. The third-order valence-electron chi connectivity index (χ3n) is 4.33. The number of anilines is 1. The number of rotatable bonds is 4. The maximum absolute atomic E-state index is 12.8. The smallest absolute Gasteiger partial charge is 0.255 e. The fourth-order valence-corrected chi connectivity index (χ4v) is 2.92. The van der Waals surface area contributed by atoms with Crippen molar-refractivity contribution in [2.45, 2.75) is 32.7 Å². The summed E-state index contributed by atoms with van der Waals surface area (Å²) in [5, 5.41) is 3.29. The van der Waals surface area contributed by atoms with Gasteiger partial charge in [-0.3, -0.25) is 4.79 Å². The zero-order valence-corrected chi connectivity index (χ0v) is 13.6. The normalized spacial score (nSPS) is 16.8. The lowest BCUT2D eigenvalue weighted by molar-refractivity contribution is 0.0660. The van der Waals surface area contributed by atoms with Crippen molar-refractivity contribution < 1.29 is 4.79 Å². The molecule has 1 aromatic carbocycles. The number of carbonyl (C=O) groups excluding carboxylic acids is 1. The molecule has 0 aliphatic carbocycles. The van der Waals surface area contributed by atoms with Gasteiger partial charge in [0.1, 0.15) is 0 Å². The highest BCUT2D eigenvalue weighted by molar-refractivity contribution is 5.99. The predicted molar refractivity (Wildman–Crippen MR) is 88.0 cm³/mol. The number of benzene rings is 1. The highest BCUT2D eigenvalue weighted by Gasteiger charge is 2.25. The van der Waals surface area contributed by atoms with Gasteiger partial charge in [-0.1, -0.05) is 11.6 Å². The molecule has 4 nitrogen and oxygen atoms in total. The Morgan fingerprint density at radius 3 is 2.67 bits per heavy atom. The topological polar surface area (TPSA) is 35.6 Å².